The van der Waals surface area contributed by atoms with Gasteiger partial charge < -0.3 is 51.3 Å². The molecule has 51 heavy (non-hydrogen) atoms. The van der Waals surface area contributed by atoms with E-state index in [0.29, 0.717) is 45.1 Å². The molecule has 2 rings (SSSR count). The van der Waals surface area contributed by atoms with E-state index in [4.69, 9.17) is 10.1 Å². The Bertz CT molecular complexity index is 1250. The van der Waals surface area contributed by atoms with Gasteiger partial charge in [0.15, 0.2) is 0 Å². The molecular formula is C33H56N8O10. The van der Waals surface area contributed by atoms with Crippen molar-refractivity contribution in [3.8, 4) is 0 Å². The van der Waals surface area contributed by atoms with E-state index in [0.717, 1.165) is 12.8 Å². The third-order valence-electron chi connectivity index (χ3n) is 8.85. The number of methoxy groups -OCH3 is 1. The second-order valence-electron chi connectivity index (χ2n) is 13.0. The molecule has 18 nitrogen and oxygen atoms in total. The van der Waals surface area contributed by atoms with Gasteiger partial charge in [0, 0.05) is 26.7 Å². The zero-order valence-corrected chi connectivity index (χ0v) is 30.1. The smallest absolute Gasteiger partial charge is 0.326 e. The number of nitrogens with one attached hydrogen (secondary N) is 6. The Labute approximate surface area is 298 Å². The molecule has 0 spiro atoms. The van der Waals surface area contributed by atoms with E-state index < -0.39 is 84.3 Å². The van der Waals surface area contributed by atoms with Crippen LogP contribution in [0, 0.1) is 5.41 Å². The average Bonchev–Trinajstić information content (AvgIpc) is 3.77. The number of aliphatic carboxylic acids is 1. The lowest BCUT2D eigenvalue weighted by Gasteiger charge is -2.33. The number of carboxylic acid groups (broad SMARTS) is 1. The largest absolute Gasteiger partial charge is 0.480 e. The first-order valence-corrected chi connectivity index (χ1v) is 17.7. The molecule has 2 heterocycles. The number of carbonyl (C=O) groups excluding carboxylic acids is 6. The lowest BCUT2D eigenvalue weighted by Crippen LogP contribution is -2.60. The van der Waals surface area contributed by atoms with Gasteiger partial charge in [-0.1, -0.05) is 26.2 Å². The second kappa shape index (κ2) is 21.8. The number of amides is 6. The van der Waals surface area contributed by atoms with Crippen LogP contribution in [-0.4, -0.2) is 143 Å². The summed E-state index contributed by atoms with van der Waals surface area (Å²) in [5, 5.41) is 40.2. The van der Waals surface area contributed by atoms with Gasteiger partial charge in [-0.3, -0.25) is 34.2 Å². The summed E-state index contributed by atoms with van der Waals surface area (Å²) in [6.07, 6.45) is 3.28. The predicted octanol–water partition coefficient (Wildman–Crippen LogP) is -1.40. The highest BCUT2D eigenvalue weighted by Crippen LogP contribution is 2.26. The SMILES string of the molecule is CCCCC[C@H](NC(=O)C(NC(=O)CNC(=O)COC)C(C)O)C(=O)N1CCC[C@H]1C(=O)N1CCCC1C(=O)N[C@H](CCCNC(C)=N)C(=O)O. The Balaban J connectivity index is 2.15. The maximum absolute atomic E-state index is 14.0. The molecule has 2 aliphatic rings. The molecule has 3 unspecified atom stereocenters. The molecule has 2 saturated heterocycles. The average molecular weight is 725 g/mol. The predicted molar refractivity (Wildman–Crippen MR) is 184 cm³/mol. The number of nitrogens with zero attached hydrogens (tertiary/aromatic N) is 2. The minimum absolute atomic E-state index is 0.128. The van der Waals surface area contributed by atoms with Crippen molar-refractivity contribution >= 4 is 47.2 Å². The molecule has 288 valence electrons. The summed E-state index contributed by atoms with van der Waals surface area (Å²) in [7, 11) is 1.32. The summed E-state index contributed by atoms with van der Waals surface area (Å²) in [5.41, 5.74) is 0. The van der Waals surface area contributed by atoms with Crippen LogP contribution in [-0.2, 0) is 38.3 Å². The van der Waals surface area contributed by atoms with E-state index in [9.17, 15) is 43.8 Å². The van der Waals surface area contributed by atoms with Crippen LogP contribution in [0.3, 0.4) is 0 Å². The van der Waals surface area contributed by atoms with E-state index >= 15 is 0 Å². The number of rotatable bonds is 21. The fourth-order valence-electron chi connectivity index (χ4n) is 6.20. The fourth-order valence-corrected chi connectivity index (χ4v) is 6.20. The summed E-state index contributed by atoms with van der Waals surface area (Å²) in [6, 6.07) is -5.50. The van der Waals surface area contributed by atoms with Crippen molar-refractivity contribution in [2.45, 2.75) is 121 Å². The fraction of sp³-hybridized carbons (Fsp3) is 0.758. The first kappa shape index (κ1) is 42.8. The van der Waals surface area contributed by atoms with Gasteiger partial charge in [-0.2, -0.15) is 0 Å². The number of aliphatic hydroxyl groups is 1. The van der Waals surface area contributed by atoms with Crippen LogP contribution < -0.4 is 26.6 Å². The van der Waals surface area contributed by atoms with Crippen molar-refractivity contribution in [3.63, 3.8) is 0 Å². The van der Waals surface area contributed by atoms with E-state index in [2.05, 4.69) is 26.6 Å². The molecule has 0 aromatic heterocycles. The lowest BCUT2D eigenvalue weighted by molar-refractivity contribution is -0.149. The zero-order valence-electron chi connectivity index (χ0n) is 30.1. The van der Waals surface area contributed by atoms with Gasteiger partial charge in [-0.25, -0.2) is 4.79 Å². The Morgan fingerprint density at radius 2 is 1.51 bits per heavy atom. The Hall–Kier alpha value is -4.32. The van der Waals surface area contributed by atoms with E-state index in [1.54, 1.807) is 6.92 Å². The molecule has 0 aliphatic carbocycles. The number of carbonyl (C=O) groups is 7. The monoisotopic (exact) mass is 724 g/mol. The number of hydrogen-bond acceptors (Lipinski definition) is 10. The third-order valence-corrected chi connectivity index (χ3v) is 8.85. The van der Waals surface area contributed by atoms with Crippen molar-refractivity contribution < 1.29 is 48.5 Å². The van der Waals surface area contributed by atoms with Gasteiger partial charge in [-0.05, 0) is 58.8 Å². The van der Waals surface area contributed by atoms with Crippen LogP contribution in [0.25, 0.3) is 0 Å². The van der Waals surface area contributed by atoms with Crippen molar-refractivity contribution in [1.29, 1.82) is 5.41 Å². The minimum Gasteiger partial charge on any atom is -0.480 e. The summed E-state index contributed by atoms with van der Waals surface area (Å²) in [4.78, 5) is 93.4. The normalized spacial score (nSPS) is 19.3. The Morgan fingerprint density at radius 1 is 0.863 bits per heavy atom. The van der Waals surface area contributed by atoms with Crippen molar-refractivity contribution in [2.24, 2.45) is 0 Å². The zero-order chi connectivity index (χ0) is 38.1. The van der Waals surface area contributed by atoms with Gasteiger partial charge in [0.1, 0.15) is 36.8 Å². The number of unbranched alkanes of at least 4 members (excludes halogenated alkanes) is 2. The van der Waals surface area contributed by atoms with Crippen LogP contribution in [0.15, 0.2) is 0 Å². The van der Waals surface area contributed by atoms with Gasteiger partial charge in [0.05, 0.1) is 18.5 Å². The molecule has 0 radical (unpaired) electrons. The third kappa shape index (κ3) is 13.7. The number of likely N-dealkylation sites (tertiary alicyclic amines) is 2. The summed E-state index contributed by atoms with van der Waals surface area (Å²) >= 11 is 0. The summed E-state index contributed by atoms with van der Waals surface area (Å²) in [6.45, 7) is 4.98. The molecular weight excluding hydrogens is 668 g/mol. The molecule has 2 fully saturated rings. The second-order valence-corrected chi connectivity index (χ2v) is 13.0. The summed E-state index contributed by atoms with van der Waals surface area (Å²) in [5.74, 6) is -4.59. The molecule has 8 N–H and O–H groups in total. The molecule has 0 aromatic carbocycles. The van der Waals surface area contributed by atoms with Crippen LogP contribution >= 0.6 is 0 Å². The van der Waals surface area contributed by atoms with E-state index in [-0.39, 0.29) is 38.4 Å². The Morgan fingerprint density at radius 3 is 2.12 bits per heavy atom. The van der Waals surface area contributed by atoms with Crippen molar-refractivity contribution in [2.75, 3.05) is 39.9 Å². The number of hydrogen-bond donors (Lipinski definition) is 8. The molecule has 6 amide bonds. The first-order chi connectivity index (χ1) is 24.2. The molecule has 0 aromatic rings. The molecule has 18 heteroatoms. The molecule has 0 saturated carbocycles. The molecule has 0 bridgehead atoms. The number of ether oxygens (including phenoxy) is 1. The van der Waals surface area contributed by atoms with Gasteiger partial charge in [0.25, 0.3) is 0 Å². The minimum atomic E-state index is -1.44. The lowest BCUT2D eigenvalue weighted by atomic mass is 10.0. The van der Waals surface area contributed by atoms with Gasteiger partial charge in [0.2, 0.25) is 35.4 Å². The van der Waals surface area contributed by atoms with Gasteiger partial charge in [-0.15, -0.1) is 0 Å². The van der Waals surface area contributed by atoms with E-state index in [1.165, 1.54) is 23.8 Å². The van der Waals surface area contributed by atoms with Crippen LogP contribution in [0.1, 0.15) is 85.0 Å². The molecule has 2 aliphatic heterocycles. The number of amidine groups is 1. The van der Waals surface area contributed by atoms with Crippen LogP contribution in [0.2, 0.25) is 0 Å². The maximum atomic E-state index is 14.0. The highest BCUT2D eigenvalue weighted by atomic mass is 16.5. The highest BCUT2D eigenvalue weighted by molar-refractivity contribution is 5.97. The quantitative estimate of drug-likeness (QED) is 0.0388. The van der Waals surface area contributed by atoms with Crippen LogP contribution in [0.4, 0.5) is 0 Å². The topological polar surface area (TPSA) is 260 Å². The summed E-state index contributed by atoms with van der Waals surface area (Å²) < 4.78 is 4.70. The van der Waals surface area contributed by atoms with E-state index in [1.807, 2.05) is 6.92 Å². The van der Waals surface area contributed by atoms with Crippen molar-refractivity contribution in [3.05, 3.63) is 0 Å². The van der Waals surface area contributed by atoms with Gasteiger partial charge >= 0.3 is 5.97 Å². The standard InChI is InChI=1S/C33H56N8O10/c1-5-6-7-11-22(37-30(46)28(20(2)42)39-26(43)18-36-27(44)19-51-4)31(47)41-17-10-14-25(41)32(48)40-16-9-13-24(40)29(45)38-23(33(49)50)12-8-15-35-21(3)34/h20,22-25,28,42H,5-19H2,1-4H3,(H2,34,35)(H,36,44)(H,37,46)(H,38,45)(H,39,43)(H,49,50)/t20?,22-,23+,24?,25-,28?/m0/s1. The van der Waals surface area contributed by atoms with Crippen molar-refractivity contribution in [1.82, 2.24) is 36.4 Å². The Kier molecular flexibility index (Phi) is 18.3. The number of aliphatic hydroxyl groups excluding tert-OH is 1. The first-order valence-electron chi connectivity index (χ1n) is 17.7. The number of carboxylic acids is 1. The maximum Gasteiger partial charge on any atom is 0.326 e. The highest BCUT2D eigenvalue weighted by Gasteiger charge is 2.44. The van der Waals surface area contributed by atoms with Crippen LogP contribution in [0.5, 0.6) is 0 Å². The molecule has 6 atom stereocenters.